The smallest absolute Gasteiger partial charge is 0.0873 e. The van der Waals surface area contributed by atoms with Crippen LogP contribution in [0, 0.1) is 0 Å². The molecule has 0 bridgehead atoms. The topological polar surface area (TPSA) is 9.23 Å². The molecule has 1 fully saturated rings. The minimum atomic E-state index is 0.890. The maximum absolute atomic E-state index is 5.17. The SMILES string of the molecule is C/C=C/OCCCC1CS1. The molecule has 1 nitrogen and oxygen atoms in total. The molecule has 1 atom stereocenters. The fraction of sp³-hybridized carbons (Fsp3) is 0.750. The summed E-state index contributed by atoms with van der Waals surface area (Å²) in [5.74, 6) is 1.38. The van der Waals surface area contributed by atoms with E-state index in [-0.39, 0.29) is 0 Å². The van der Waals surface area contributed by atoms with Gasteiger partial charge in [-0.1, -0.05) is 6.08 Å². The van der Waals surface area contributed by atoms with Gasteiger partial charge in [0.05, 0.1) is 12.9 Å². The Labute approximate surface area is 66.8 Å². The van der Waals surface area contributed by atoms with Crippen LogP contribution in [0.3, 0.4) is 0 Å². The van der Waals surface area contributed by atoms with E-state index in [2.05, 4.69) is 11.8 Å². The lowest BCUT2D eigenvalue weighted by Crippen LogP contribution is -1.90. The maximum atomic E-state index is 5.17. The van der Waals surface area contributed by atoms with Crippen molar-refractivity contribution in [3.8, 4) is 0 Å². The number of hydrogen-bond acceptors (Lipinski definition) is 2. The van der Waals surface area contributed by atoms with Crippen LogP contribution < -0.4 is 0 Å². The molecule has 1 aliphatic rings. The zero-order valence-corrected chi connectivity index (χ0v) is 7.19. The molecule has 0 aromatic heterocycles. The Hall–Kier alpha value is -0.110. The highest BCUT2D eigenvalue weighted by Gasteiger charge is 2.20. The molecule has 0 N–H and O–H groups in total. The maximum Gasteiger partial charge on any atom is 0.0873 e. The molecule has 58 valence electrons. The molecule has 1 heterocycles. The van der Waals surface area contributed by atoms with Crippen molar-refractivity contribution < 1.29 is 4.74 Å². The average Bonchev–Trinajstić information content (AvgIpc) is 2.71. The van der Waals surface area contributed by atoms with Crippen molar-refractivity contribution in [2.75, 3.05) is 12.4 Å². The minimum absolute atomic E-state index is 0.890. The fourth-order valence-electron chi connectivity index (χ4n) is 0.793. The van der Waals surface area contributed by atoms with Gasteiger partial charge >= 0.3 is 0 Å². The van der Waals surface area contributed by atoms with Crippen LogP contribution in [0.25, 0.3) is 0 Å². The van der Waals surface area contributed by atoms with Gasteiger partial charge in [0.15, 0.2) is 0 Å². The van der Waals surface area contributed by atoms with E-state index in [1.165, 1.54) is 18.6 Å². The Kier molecular flexibility index (Phi) is 3.73. The predicted octanol–water partition coefficient (Wildman–Crippen LogP) is 2.43. The quantitative estimate of drug-likeness (QED) is 0.345. The zero-order chi connectivity index (χ0) is 7.23. The monoisotopic (exact) mass is 158 g/mol. The van der Waals surface area contributed by atoms with E-state index in [4.69, 9.17) is 4.74 Å². The normalized spacial score (nSPS) is 23.5. The van der Waals surface area contributed by atoms with Gasteiger partial charge < -0.3 is 4.74 Å². The van der Waals surface area contributed by atoms with Crippen molar-refractivity contribution in [1.29, 1.82) is 0 Å². The number of hydrogen-bond donors (Lipinski definition) is 0. The first-order chi connectivity index (χ1) is 4.93. The van der Waals surface area contributed by atoms with Gasteiger partial charge in [-0.25, -0.2) is 0 Å². The van der Waals surface area contributed by atoms with Crippen LogP contribution in [0.1, 0.15) is 19.8 Å². The van der Waals surface area contributed by atoms with Crippen molar-refractivity contribution in [2.45, 2.75) is 25.0 Å². The van der Waals surface area contributed by atoms with Gasteiger partial charge in [0.2, 0.25) is 0 Å². The lowest BCUT2D eigenvalue weighted by Gasteiger charge is -1.97. The van der Waals surface area contributed by atoms with Gasteiger partial charge in [0, 0.05) is 11.0 Å². The molecule has 0 aliphatic carbocycles. The lowest BCUT2D eigenvalue weighted by atomic mass is 10.3. The Morgan fingerprint density at radius 1 is 1.70 bits per heavy atom. The summed E-state index contributed by atoms with van der Waals surface area (Å²) in [6, 6.07) is 0. The minimum Gasteiger partial charge on any atom is -0.502 e. The van der Waals surface area contributed by atoms with Crippen molar-refractivity contribution >= 4 is 11.8 Å². The molecule has 1 aliphatic heterocycles. The largest absolute Gasteiger partial charge is 0.502 e. The summed E-state index contributed by atoms with van der Waals surface area (Å²) in [4.78, 5) is 0. The van der Waals surface area contributed by atoms with Gasteiger partial charge in [-0.2, -0.15) is 11.8 Å². The van der Waals surface area contributed by atoms with E-state index in [0.717, 1.165) is 11.9 Å². The molecule has 10 heavy (non-hydrogen) atoms. The summed E-state index contributed by atoms with van der Waals surface area (Å²) >= 11 is 2.06. The summed E-state index contributed by atoms with van der Waals surface area (Å²) in [6.07, 6.45) is 6.23. The van der Waals surface area contributed by atoms with Crippen LogP contribution in [0.2, 0.25) is 0 Å². The zero-order valence-electron chi connectivity index (χ0n) is 6.38. The Balaban J connectivity index is 1.76. The van der Waals surface area contributed by atoms with Crippen molar-refractivity contribution in [3.05, 3.63) is 12.3 Å². The highest BCUT2D eigenvalue weighted by Crippen LogP contribution is 2.33. The molecule has 2 heteroatoms. The molecular formula is C8H14OS. The van der Waals surface area contributed by atoms with E-state index >= 15 is 0 Å². The predicted molar refractivity (Wildman–Crippen MR) is 46.2 cm³/mol. The molecule has 0 radical (unpaired) electrons. The first kappa shape index (κ1) is 7.99. The summed E-state index contributed by atoms with van der Waals surface area (Å²) in [5.41, 5.74) is 0. The molecule has 0 amide bonds. The molecule has 0 spiro atoms. The highest BCUT2D eigenvalue weighted by atomic mass is 32.2. The van der Waals surface area contributed by atoms with Crippen molar-refractivity contribution in [3.63, 3.8) is 0 Å². The van der Waals surface area contributed by atoms with E-state index in [9.17, 15) is 0 Å². The van der Waals surface area contributed by atoms with Crippen LogP contribution >= 0.6 is 11.8 Å². The molecule has 1 unspecified atom stereocenters. The van der Waals surface area contributed by atoms with Crippen molar-refractivity contribution in [2.24, 2.45) is 0 Å². The second kappa shape index (κ2) is 4.67. The second-order valence-corrected chi connectivity index (χ2v) is 3.77. The lowest BCUT2D eigenvalue weighted by molar-refractivity contribution is 0.242. The number of thioether (sulfide) groups is 1. The summed E-state index contributed by atoms with van der Waals surface area (Å²) in [7, 11) is 0. The highest BCUT2D eigenvalue weighted by molar-refractivity contribution is 8.06. The average molecular weight is 158 g/mol. The van der Waals surface area contributed by atoms with Crippen LogP contribution in [-0.2, 0) is 4.74 Å². The number of allylic oxidation sites excluding steroid dienone is 1. The summed E-state index contributed by atoms with van der Waals surface area (Å²) < 4.78 is 5.17. The summed E-state index contributed by atoms with van der Waals surface area (Å²) in [6.45, 7) is 2.86. The van der Waals surface area contributed by atoms with Gasteiger partial charge in [-0.05, 0) is 19.8 Å². The van der Waals surface area contributed by atoms with Gasteiger partial charge in [-0.15, -0.1) is 0 Å². The van der Waals surface area contributed by atoms with Crippen LogP contribution in [-0.4, -0.2) is 17.6 Å². The molecule has 0 aromatic carbocycles. The summed E-state index contributed by atoms with van der Waals surface area (Å²) in [5, 5.41) is 0.967. The first-order valence-corrected chi connectivity index (χ1v) is 4.82. The molecule has 1 rings (SSSR count). The van der Waals surface area contributed by atoms with Crippen LogP contribution in [0.5, 0.6) is 0 Å². The van der Waals surface area contributed by atoms with Crippen LogP contribution in [0.15, 0.2) is 12.3 Å². The van der Waals surface area contributed by atoms with Crippen LogP contribution in [0.4, 0.5) is 0 Å². The van der Waals surface area contributed by atoms with E-state index in [1.54, 1.807) is 6.26 Å². The Bertz CT molecular complexity index is 108. The Morgan fingerprint density at radius 2 is 2.50 bits per heavy atom. The Morgan fingerprint density at radius 3 is 3.10 bits per heavy atom. The third-order valence-electron chi connectivity index (χ3n) is 1.42. The fourth-order valence-corrected chi connectivity index (χ4v) is 1.43. The molecule has 0 saturated carbocycles. The standard InChI is InChI=1S/C8H14OS/c1-2-5-9-6-3-4-8-7-10-8/h2,5,8H,3-4,6-7H2,1H3/b5-2+. The van der Waals surface area contributed by atoms with Gasteiger partial charge in [-0.3, -0.25) is 0 Å². The van der Waals surface area contributed by atoms with Gasteiger partial charge in [0.25, 0.3) is 0 Å². The second-order valence-electron chi connectivity index (χ2n) is 2.44. The third kappa shape index (κ3) is 3.83. The van der Waals surface area contributed by atoms with E-state index in [0.29, 0.717) is 0 Å². The molecule has 0 aromatic rings. The first-order valence-electron chi connectivity index (χ1n) is 3.78. The van der Waals surface area contributed by atoms with E-state index in [1.807, 2.05) is 13.0 Å². The number of rotatable bonds is 5. The van der Waals surface area contributed by atoms with Gasteiger partial charge in [0.1, 0.15) is 0 Å². The van der Waals surface area contributed by atoms with E-state index < -0.39 is 0 Å². The number of ether oxygens (including phenoxy) is 1. The third-order valence-corrected chi connectivity index (χ3v) is 2.46. The molecule has 1 saturated heterocycles. The van der Waals surface area contributed by atoms with Crippen molar-refractivity contribution in [1.82, 2.24) is 0 Å². The molecular weight excluding hydrogens is 144 g/mol.